The molecular weight excluding hydrogens is 272 g/mol. The molecule has 0 aliphatic rings. The van der Waals surface area contributed by atoms with Crippen molar-refractivity contribution in [2.75, 3.05) is 17.2 Å². The molecule has 0 heterocycles. The van der Waals surface area contributed by atoms with E-state index in [-0.39, 0.29) is 5.91 Å². The van der Waals surface area contributed by atoms with Gasteiger partial charge in [-0.1, -0.05) is 43.3 Å². The van der Waals surface area contributed by atoms with E-state index in [4.69, 9.17) is 0 Å². The summed E-state index contributed by atoms with van der Waals surface area (Å²) in [5.74, 6) is 0.0356. The maximum absolute atomic E-state index is 12.0. The lowest BCUT2D eigenvalue weighted by atomic mass is 10.1. The summed E-state index contributed by atoms with van der Waals surface area (Å²) in [6.45, 7) is 6.87. The number of benzene rings is 2. The van der Waals surface area contributed by atoms with Crippen LogP contribution in [-0.4, -0.2) is 12.5 Å². The Bertz CT molecular complexity index is 650. The van der Waals surface area contributed by atoms with Crippen LogP contribution in [0.5, 0.6) is 0 Å². The van der Waals surface area contributed by atoms with Crippen LogP contribution < -0.4 is 10.6 Å². The van der Waals surface area contributed by atoms with Gasteiger partial charge < -0.3 is 10.6 Å². The molecule has 22 heavy (non-hydrogen) atoms. The fraction of sp³-hybridized carbons (Fsp3) is 0.316. The minimum atomic E-state index is 0.0356. The van der Waals surface area contributed by atoms with Gasteiger partial charge >= 0.3 is 0 Å². The molecule has 3 heteroatoms. The molecular formula is C19H24N2O. The Morgan fingerprint density at radius 2 is 1.73 bits per heavy atom. The normalized spacial score (nSPS) is 10.3. The smallest absolute Gasteiger partial charge is 0.226 e. The van der Waals surface area contributed by atoms with Crippen LogP contribution in [0.2, 0.25) is 0 Å². The number of carbonyl (C=O) groups excluding carboxylic acids is 1. The third-order valence-electron chi connectivity index (χ3n) is 3.81. The minimum Gasteiger partial charge on any atom is -0.384 e. The first kappa shape index (κ1) is 16.1. The van der Waals surface area contributed by atoms with Crippen molar-refractivity contribution in [3.8, 4) is 0 Å². The van der Waals surface area contributed by atoms with E-state index < -0.39 is 0 Å². The van der Waals surface area contributed by atoms with Crippen LogP contribution in [-0.2, 0) is 11.2 Å². The van der Waals surface area contributed by atoms with Crippen molar-refractivity contribution >= 4 is 17.3 Å². The van der Waals surface area contributed by atoms with Crippen molar-refractivity contribution in [2.24, 2.45) is 0 Å². The SMILES string of the molecule is CCc1cccc(C)c1NCCC(=O)Nc1ccccc1C. The van der Waals surface area contributed by atoms with E-state index in [0.717, 1.165) is 23.4 Å². The zero-order chi connectivity index (χ0) is 15.9. The number of amides is 1. The lowest BCUT2D eigenvalue weighted by Crippen LogP contribution is -2.17. The molecule has 0 aliphatic carbocycles. The Labute approximate surface area is 132 Å². The molecule has 0 unspecified atom stereocenters. The summed E-state index contributed by atoms with van der Waals surface area (Å²) in [5.41, 5.74) is 5.64. The number of para-hydroxylation sites is 2. The number of rotatable bonds is 6. The third kappa shape index (κ3) is 4.10. The quantitative estimate of drug-likeness (QED) is 0.834. The van der Waals surface area contributed by atoms with Crippen LogP contribution in [0.4, 0.5) is 11.4 Å². The number of anilines is 2. The fourth-order valence-electron chi connectivity index (χ4n) is 2.50. The van der Waals surface area contributed by atoms with E-state index in [1.807, 2.05) is 31.2 Å². The maximum atomic E-state index is 12.0. The average molecular weight is 296 g/mol. The first-order chi connectivity index (χ1) is 10.6. The molecule has 2 N–H and O–H groups in total. The van der Waals surface area contributed by atoms with Crippen LogP contribution in [0.25, 0.3) is 0 Å². The Hall–Kier alpha value is -2.29. The third-order valence-corrected chi connectivity index (χ3v) is 3.81. The Morgan fingerprint density at radius 1 is 1.00 bits per heavy atom. The van der Waals surface area contributed by atoms with Gasteiger partial charge in [0, 0.05) is 24.3 Å². The maximum Gasteiger partial charge on any atom is 0.226 e. The van der Waals surface area contributed by atoms with Gasteiger partial charge in [0.25, 0.3) is 0 Å². The minimum absolute atomic E-state index is 0.0356. The van der Waals surface area contributed by atoms with Crippen molar-refractivity contribution < 1.29 is 4.79 Å². The highest BCUT2D eigenvalue weighted by molar-refractivity contribution is 5.91. The van der Waals surface area contributed by atoms with Gasteiger partial charge in [0.05, 0.1) is 0 Å². The highest BCUT2D eigenvalue weighted by Gasteiger charge is 2.06. The summed E-state index contributed by atoms with van der Waals surface area (Å²) in [7, 11) is 0. The highest BCUT2D eigenvalue weighted by atomic mass is 16.1. The van der Waals surface area contributed by atoms with Crippen molar-refractivity contribution in [1.29, 1.82) is 0 Å². The topological polar surface area (TPSA) is 41.1 Å². The number of aryl methyl sites for hydroxylation is 3. The second kappa shape index (κ2) is 7.64. The second-order valence-corrected chi connectivity index (χ2v) is 5.50. The van der Waals surface area contributed by atoms with Crippen LogP contribution >= 0.6 is 0 Å². The molecule has 0 fully saturated rings. The molecule has 0 radical (unpaired) electrons. The van der Waals surface area contributed by atoms with Crippen molar-refractivity contribution in [2.45, 2.75) is 33.6 Å². The van der Waals surface area contributed by atoms with Crippen molar-refractivity contribution in [1.82, 2.24) is 0 Å². The first-order valence-corrected chi connectivity index (χ1v) is 7.79. The summed E-state index contributed by atoms with van der Waals surface area (Å²) in [6.07, 6.45) is 1.44. The lowest BCUT2D eigenvalue weighted by molar-refractivity contribution is -0.115. The molecule has 2 rings (SSSR count). The van der Waals surface area contributed by atoms with Gasteiger partial charge in [-0.05, 0) is 43.0 Å². The van der Waals surface area contributed by atoms with E-state index in [0.29, 0.717) is 13.0 Å². The fourth-order valence-corrected chi connectivity index (χ4v) is 2.50. The molecule has 0 saturated carbocycles. The number of hydrogen-bond acceptors (Lipinski definition) is 2. The molecule has 0 saturated heterocycles. The molecule has 116 valence electrons. The van der Waals surface area contributed by atoms with Gasteiger partial charge in [0.2, 0.25) is 5.91 Å². The summed E-state index contributed by atoms with van der Waals surface area (Å²) in [6, 6.07) is 14.1. The van der Waals surface area contributed by atoms with E-state index in [1.54, 1.807) is 0 Å². The monoisotopic (exact) mass is 296 g/mol. The van der Waals surface area contributed by atoms with Crippen molar-refractivity contribution in [3.05, 3.63) is 59.2 Å². The average Bonchev–Trinajstić information content (AvgIpc) is 2.51. The number of carbonyl (C=O) groups is 1. The zero-order valence-corrected chi connectivity index (χ0v) is 13.6. The van der Waals surface area contributed by atoms with Crippen LogP contribution in [0.1, 0.15) is 30.0 Å². The predicted octanol–water partition coefficient (Wildman–Crippen LogP) is 4.31. The Morgan fingerprint density at radius 3 is 2.45 bits per heavy atom. The van der Waals surface area contributed by atoms with E-state index in [9.17, 15) is 4.79 Å². The molecule has 0 aromatic heterocycles. The second-order valence-electron chi connectivity index (χ2n) is 5.50. The van der Waals surface area contributed by atoms with Gasteiger partial charge in [-0.2, -0.15) is 0 Å². The van der Waals surface area contributed by atoms with Gasteiger partial charge in [-0.15, -0.1) is 0 Å². The lowest BCUT2D eigenvalue weighted by Gasteiger charge is -2.14. The molecule has 3 nitrogen and oxygen atoms in total. The number of hydrogen-bond donors (Lipinski definition) is 2. The van der Waals surface area contributed by atoms with Gasteiger partial charge in [0.15, 0.2) is 0 Å². The van der Waals surface area contributed by atoms with Crippen LogP contribution in [0.3, 0.4) is 0 Å². The summed E-state index contributed by atoms with van der Waals surface area (Å²) >= 11 is 0. The summed E-state index contributed by atoms with van der Waals surface area (Å²) in [5, 5.41) is 6.36. The molecule has 0 spiro atoms. The Kier molecular flexibility index (Phi) is 5.59. The molecule has 1 amide bonds. The highest BCUT2D eigenvalue weighted by Crippen LogP contribution is 2.21. The summed E-state index contributed by atoms with van der Waals surface area (Å²) < 4.78 is 0. The Balaban J connectivity index is 1.89. The van der Waals surface area contributed by atoms with Gasteiger partial charge in [-0.3, -0.25) is 4.79 Å². The van der Waals surface area contributed by atoms with E-state index >= 15 is 0 Å². The van der Waals surface area contributed by atoms with Crippen LogP contribution in [0.15, 0.2) is 42.5 Å². The zero-order valence-electron chi connectivity index (χ0n) is 13.6. The standard InChI is InChI=1S/C19H24N2O/c1-4-16-10-7-9-15(3)19(16)20-13-12-18(22)21-17-11-6-5-8-14(17)2/h5-11,20H,4,12-13H2,1-3H3,(H,21,22). The van der Waals surface area contributed by atoms with Crippen LogP contribution in [0, 0.1) is 13.8 Å². The molecule has 2 aromatic rings. The predicted molar refractivity (Wildman–Crippen MR) is 93.5 cm³/mol. The largest absolute Gasteiger partial charge is 0.384 e. The number of nitrogens with one attached hydrogen (secondary N) is 2. The molecule has 0 atom stereocenters. The van der Waals surface area contributed by atoms with E-state index in [1.165, 1.54) is 11.1 Å². The van der Waals surface area contributed by atoms with Gasteiger partial charge in [-0.25, -0.2) is 0 Å². The van der Waals surface area contributed by atoms with Crippen molar-refractivity contribution in [3.63, 3.8) is 0 Å². The first-order valence-electron chi connectivity index (χ1n) is 7.79. The molecule has 2 aromatic carbocycles. The molecule has 0 aliphatic heterocycles. The van der Waals surface area contributed by atoms with E-state index in [2.05, 4.69) is 42.7 Å². The summed E-state index contributed by atoms with van der Waals surface area (Å²) in [4.78, 5) is 12.0. The molecule has 0 bridgehead atoms. The van der Waals surface area contributed by atoms with Gasteiger partial charge in [0.1, 0.15) is 0 Å².